The Balaban J connectivity index is 2.15. The molecule has 1 heterocycles. The van der Waals surface area contributed by atoms with E-state index < -0.39 is 24.4 Å². The Morgan fingerprint density at radius 2 is 2.00 bits per heavy atom. The van der Waals surface area contributed by atoms with Gasteiger partial charge >= 0.3 is 0 Å². The number of ether oxygens (including phenoxy) is 1. The number of fused-ring (bicyclic) bond motifs is 1. The van der Waals surface area contributed by atoms with Crippen molar-refractivity contribution in [2.24, 2.45) is 10.9 Å². The molecular formula is C11H20N2O4. The van der Waals surface area contributed by atoms with E-state index in [2.05, 4.69) is 4.99 Å². The zero-order valence-electron chi connectivity index (χ0n) is 10.3. The summed E-state index contributed by atoms with van der Waals surface area (Å²) in [6, 6.07) is 0.0369. The van der Waals surface area contributed by atoms with Crippen LogP contribution in [0.1, 0.15) is 13.3 Å². The topological polar surface area (TPSA) is 85.5 Å². The second-order valence-electron chi connectivity index (χ2n) is 5.07. The maximum absolute atomic E-state index is 10.0. The van der Waals surface area contributed by atoms with Crippen LogP contribution >= 0.6 is 0 Å². The SMILES string of the molecule is C[C@@H](O)[C@H]1C[C@@H]2OC(N(C)C)=N[C@@H]2[C@@H](O)C1O. The van der Waals surface area contributed by atoms with Gasteiger partial charge in [-0.3, -0.25) is 0 Å². The number of amidine groups is 1. The van der Waals surface area contributed by atoms with E-state index in [1.807, 2.05) is 14.1 Å². The summed E-state index contributed by atoms with van der Waals surface area (Å²) in [4.78, 5) is 5.99. The van der Waals surface area contributed by atoms with Gasteiger partial charge in [-0.1, -0.05) is 0 Å². The molecular weight excluding hydrogens is 224 g/mol. The summed E-state index contributed by atoms with van der Waals surface area (Å²) in [5.74, 6) is -0.372. The van der Waals surface area contributed by atoms with Crippen LogP contribution < -0.4 is 0 Å². The lowest BCUT2D eigenvalue weighted by atomic mass is 9.77. The molecule has 0 saturated heterocycles. The first-order valence-corrected chi connectivity index (χ1v) is 5.87. The van der Waals surface area contributed by atoms with E-state index in [1.54, 1.807) is 11.8 Å². The van der Waals surface area contributed by atoms with E-state index in [-0.39, 0.29) is 12.0 Å². The molecule has 0 amide bonds. The second-order valence-corrected chi connectivity index (χ2v) is 5.07. The summed E-state index contributed by atoms with van der Waals surface area (Å²) in [5.41, 5.74) is 0. The lowest BCUT2D eigenvalue weighted by molar-refractivity contribution is -0.111. The van der Waals surface area contributed by atoms with Gasteiger partial charge in [0, 0.05) is 20.0 Å². The summed E-state index contributed by atoms with van der Waals surface area (Å²) in [5, 5.41) is 29.5. The molecule has 1 saturated carbocycles. The molecule has 6 atom stereocenters. The molecule has 98 valence electrons. The van der Waals surface area contributed by atoms with Gasteiger partial charge in [-0.05, 0) is 13.3 Å². The molecule has 17 heavy (non-hydrogen) atoms. The summed E-state index contributed by atoms with van der Waals surface area (Å²) < 4.78 is 5.62. The van der Waals surface area contributed by atoms with Gasteiger partial charge in [0.2, 0.25) is 0 Å². The summed E-state index contributed by atoms with van der Waals surface area (Å²) in [6.07, 6.45) is -2.37. The maximum atomic E-state index is 10.0. The number of hydrogen-bond acceptors (Lipinski definition) is 6. The van der Waals surface area contributed by atoms with Crippen LogP contribution in [0.2, 0.25) is 0 Å². The second kappa shape index (κ2) is 4.44. The number of rotatable bonds is 1. The Hall–Kier alpha value is -0.850. The Bertz CT molecular complexity index is 319. The predicted molar refractivity (Wildman–Crippen MR) is 61.6 cm³/mol. The molecule has 0 aromatic carbocycles. The van der Waals surface area contributed by atoms with Crippen LogP contribution in [-0.2, 0) is 4.74 Å². The Kier molecular flexibility index (Phi) is 3.29. The van der Waals surface area contributed by atoms with Crippen LogP contribution in [0.25, 0.3) is 0 Å². The van der Waals surface area contributed by atoms with E-state index in [0.717, 1.165) is 0 Å². The molecule has 6 heteroatoms. The van der Waals surface area contributed by atoms with Crippen molar-refractivity contribution < 1.29 is 20.1 Å². The normalized spacial score (nSPS) is 42.5. The highest BCUT2D eigenvalue weighted by Crippen LogP contribution is 2.34. The van der Waals surface area contributed by atoms with Crippen LogP contribution in [0.4, 0.5) is 0 Å². The molecule has 0 bridgehead atoms. The maximum Gasteiger partial charge on any atom is 0.287 e. The van der Waals surface area contributed by atoms with E-state index in [0.29, 0.717) is 12.4 Å². The van der Waals surface area contributed by atoms with Gasteiger partial charge in [-0.2, -0.15) is 0 Å². The summed E-state index contributed by atoms with van der Waals surface area (Å²) in [7, 11) is 3.62. The van der Waals surface area contributed by atoms with Gasteiger partial charge in [0.15, 0.2) is 0 Å². The molecule has 1 aliphatic heterocycles. The first kappa shape index (κ1) is 12.6. The van der Waals surface area contributed by atoms with Crippen molar-refractivity contribution >= 4 is 6.02 Å². The fourth-order valence-corrected chi connectivity index (χ4v) is 2.50. The van der Waals surface area contributed by atoms with Crippen LogP contribution in [-0.4, -0.2) is 70.8 Å². The lowest BCUT2D eigenvalue weighted by Crippen LogP contribution is -2.54. The minimum atomic E-state index is -0.981. The average molecular weight is 244 g/mol. The van der Waals surface area contributed by atoms with Crippen LogP contribution in [0.5, 0.6) is 0 Å². The Morgan fingerprint density at radius 1 is 1.35 bits per heavy atom. The highest BCUT2D eigenvalue weighted by atomic mass is 16.5. The Morgan fingerprint density at radius 3 is 2.53 bits per heavy atom. The zero-order chi connectivity index (χ0) is 12.7. The third-order valence-corrected chi connectivity index (χ3v) is 3.54. The fourth-order valence-electron chi connectivity index (χ4n) is 2.50. The number of nitrogens with zero attached hydrogens (tertiary/aromatic N) is 2. The number of aliphatic hydroxyl groups excluding tert-OH is 3. The van der Waals surface area contributed by atoms with E-state index in [1.165, 1.54) is 0 Å². The molecule has 6 nitrogen and oxygen atoms in total. The van der Waals surface area contributed by atoms with Crippen molar-refractivity contribution in [2.45, 2.75) is 43.8 Å². The quantitative estimate of drug-likeness (QED) is 0.539. The molecule has 0 aromatic heterocycles. The van der Waals surface area contributed by atoms with Crippen molar-refractivity contribution in [3.63, 3.8) is 0 Å². The van der Waals surface area contributed by atoms with Crippen molar-refractivity contribution in [1.29, 1.82) is 0 Å². The van der Waals surface area contributed by atoms with E-state index >= 15 is 0 Å². The van der Waals surface area contributed by atoms with Crippen molar-refractivity contribution in [1.82, 2.24) is 4.90 Å². The van der Waals surface area contributed by atoms with Crippen LogP contribution in [0.3, 0.4) is 0 Å². The monoisotopic (exact) mass is 244 g/mol. The Labute approximate surface area is 101 Å². The largest absolute Gasteiger partial charge is 0.459 e. The third kappa shape index (κ3) is 2.12. The van der Waals surface area contributed by atoms with Crippen LogP contribution in [0, 0.1) is 5.92 Å². The molecule has 1 aliphatic carbocycles. The van der Waals surface area contributed by atoms with Gasteiger partial charge in [0.05, 0.1) is 12.2 Å². The first-order valence-electron chi connectivity index (χ1n) is 5.87. The number of aliphatic hydroxyl groups is 3. The zero-order valence-corrected chi connectivity index (χ0v) is 10.3. The highest BCUT2D eigenvalue weighted by molar-refractivity contribution is 5.75. The minimum absolute atomic E-state index is 0.259. The molecule has 3 N–H and O–H groups in total. The van der Waals surface area contributed by atoms with Crippen molar-refractivity contribution in [3.8, 4) is 0 Å². The average Bonchev–Trinajstić information content (AvgIpc) is 2.67. The summed E-state index contributed by atoms with van der Waals surface area (Å²) >= 11 is 0. The van der Waals surface area contributed by atoms with Gasteiger partial charge in [0.1, 0.15) is 18.2 Å². The predicted octanol–water partition coefficient (Wildman–Crippen LogP) is -1.21. The van der Waals surface area contributed by atoms with E-state index in [4.69, 9.17) is 4.74 Å². The van der Waals surface area contributed by atoms with Gasteiger partial charge in [-0.25, -0.2) is 4.99 Å². The lowest BCUT2D eigenvalue weighted by Gasteiger charge is -2.38. The van der Waals surface area contributed by atoms with Gasteiger partial charge < -0.3 is 25.0 Å². The van der Waals surface area contributed by atoms with E-state index in [9.17, 15) is 15.3 Å². The number of hydrogen-bond donors (Lipinski definition) is 3. The smallest absolute Gasteiger partial charge is 0.287 e. The molecule has 2 rings (SSSR count). The first-order chi connectivity index (χ1) is 7.91. The number of aliphatic imine (C=N–C) groups is 1. The van der Waals surface area contributed by atoms with Crippen molar-refractivity contribution in [3.05, 3.63) is 0 Å². The van der Waals surface area contributed by atoms with Gasteiger partial charge in [-0.15, -0.1) is 0 Å². The molecule has 0 radical (unpaired) electrons. The van der Waals surface area contributed by atoms with Gasteiger partial charge in [0.25, 0.3) is 6.02 Å². The summed E-state index contributed by atoms with van der Waals surface area (Å²) in [6.45, 7) is 1.61. The third-order valence-electron chi connectivity index (χ3n) is 3.54. The molecule has 0 spiro atoms. The molecule has 2 aliphatic rings. The minimum Gasteiger partial charge on any atom is -0.459 e. The molecule has 0 aromatic rings. The molecule has 1 unspecified atom stereocenters. The van der Waals surface area contributed by atoms with Crippen molar-refractivity contribution in [2.75, 3.05) is 14.1 Å². The standard InChI is InChI=1S/C11H20N2O4/c1-5(14)6-4-7-8(10(16)9(6)15)12-11(17-7)13(2)3/h5-10,14-16H,4H2,1-3H3/t5-,6-,7+,8+,9?,10-/m1/s1. The highest BCUT2D eigenvalue weighted by Gasteiger charge is 2.49. The van der Waals surface area contributed by atoms with Crippen LogP contribution in [0.15, 0.2) is 4.99 Å². The fraction of sp³-hybridized carbons (Fsp3) is 0.909. The molecule has 1 fully saturated rings.